The zero-order valence-electron chi connectivity index (χ0n) is 28.3. The summed E-state index contributed by atoms with van der Waals surface area (Å²) < 4.78 is 16.9. The number of anilines is 1. The number of aliphatic carboxylic acids is 1. The van der Waals surface area contributed by atoms with Gasteiger partial charge in [0.2, 0.25) is 0 Å². The molecule has 1 saturated heterocycles. The minimum absolute atomic E-state index is 0.109. The monoisotopic (exact) mass is 645 g/mol. The van der Waals surface area contributed by atoms with Gasteiger partial charge in [0, 0.05) is 49.2 Å². The molecule has 3 heterocycles. The fraction of sp³-hybridized carbons (Fsp3) is 0.622. The first-order valence-electron chi connectivity index (χ1n) is 17.7. The van der Waals surface area contributed by atoms with E-state index in [1.54, 1.807) is 6.92 Å². The summed E-state index contributed by atoms with van der Waals surface area (Å²) in [6, 6.07) is 10.9. The molecule has 3 aromatic rings. The Hall–Kier alpha value is -3.37. The van der Waals surface area contributed by atoms with E-state index >= 15 is 4.39 Å². The van der Waals surface area contributed by atoms with Gasteiger partial charge in [-0.2, -0.15) is 5.10 Å². The number of nitrogens with zero attached hydrogens (tertiary/aromatic N) is 5. The third-order valence-corrected chi connectivity index (χ3v) is 10.8. The van der Waals surface area contributed by atoms with Crippen LogP contribution in [0.2, 0.25) is 0 Å². The first kappa shape index (κ1) is 33.5. The molecule has 2 aromatic heterocycles. The van der Waals surface area contributed by atoms with Crippen molar-refractivity contribution in [3.63, 3.8) is 0 Å². The number of halogens is 1. The van der Waals surface area contributed by atoms with Gasteiger partial charge in [-0.3, -0.25) is 14.4 Å². The van der Waals surface area contributed by atoms with Crippen molar-refractivity contribution in [1.82, 2.24) is 30.0 Å². The number of nitrogens with one attached hydrogen (secondary N) is 2. The summed E-state index contributed by atoms with van der Waals surface area (Å²) in [5.41, 5.74) is 3.51. The van der Waals surface area contributed by atoms with Crippen LogP contribution < -0.4 is 10.6 Å². The van der Waals surface area contributed by atoms with Gasteiger partial charge in [-0.15, -0.1) is 0 Å². The molecule has 0 spiro atoms. The second-order valence-electron chi connectivity index (χ2n) is 14.5. The van der Waals surface area contributed by atoms with Crippen molar-refractivity contribution < 1.29 is 14.3 Å². The number of benzene rings is 1. The van der Waals surface area contributed by atoms with Crippen molar-refractivity contribution >= 4 is 11.8 Å². The summed E-state index contributed by atoms with van der Waals surface area (Å²) in [6.45, 7) is 6.44. The molecule has 4 atom stereocenters. The highest BCUT2D eigenvalue weighted by atomic mass is 19.1. The lowest BCUT2D eigenvalue weighted by Crippen LogP contribution is -2.45. The van der Waals surface area contributed by atoms with Crippen molar-refractivity contribution in [2.45, 2.75) is 108 Å². The number of carboxylic acid groups (broad SMARTS) is 1. The lowest BCUT2D eigenvalue weighted by atomic mass is 9.78. The molecule has 0 amide bonds. The van der Waals surface area contributed by atoms with E-state index in [4.69, 9.17) is 9.97 Å². The molecular formula is C37H52FN7O2. The van der Waals surface area contributed by atoms with Gasteiger partial charge in [0.25, 0.3) is 0 Å². The lowest BCUT2D eigenvalue weighted by molar-refractivity contribution is -0.143. The van der Waals surface area contributed by atoms with Crippen molar-refractivity contribution in [1.29, 1.82) is 0 Å². The molecule has 2 fully saturated rings. The predicted molar refractivity (Wildman–Crippen MR) is 182 cm³/mol. The molecule has 0 bridgehead atoms. The number of aryl methyl sites for hydroxylation is 2. The highest BCUT2D eigenvalue weighted by molar-refractivity contribution is 5.70. The molecule has 0 unspecified atom stereocenters. The van der Waals surface area contributed by atoms with E-state index in [2.05, 4.69) is 57.9 Å². The largest absolute Gasteiger partial charge is 0.481 e. The number of piperidine rings is 1. The molecule has 1 aliphatic heterocycles. The topological polar surface area (TPSA) is 108 Å². The van der Waals surface area contributed by atoms with Crippen LogP contribution in [0.15, 0.2) is 42.7 Å². The highest BCUT2D eigenvalue weighted by Gasteiger charge is 2.34. The van der Waals surface area contributed by atoms with E-state index in [0.717, 1.165) is 87.2 Å². The van der Waals surface area contributed by atoms with Gasteiger partial charge in [-0.1, -0.05) is 37.3 Å². The zero-order chi connectivity index (χ0) is 33.0. The van der Waals surface area contributed by atoms with Crippen LogP contribution in [0.3, 0.4) is 0 Å². The smallest absolute Gasteiger partial charge is 0.306 e. The number of fused-ring (bicyclic) bond motifs is 1. The molecule has 0 radical (unpaired) electrons. The average molecular weight is 646 g/mol. The van der Waals surface area contributed by atoms with Crippen LogP contribution in [-0.2, 0) is 31.2 Å². The maximum absolute atomic E-state index is 15.1. The average Bonchev–Trinajstić information content (AvgIpc) is 3.51. The van der Waals surface area contributed by atoms with Gasteiger partial charge in [0.1, 0.15) is 17.3 Å². The number of likely N-dealkylation sites (tertiary alicyclic amines) is 1. The number of alkyl halides is 1. The maximum Gasteiger partial charge on any atom is 0.306 e. The molecule has 3 aliphatic rings. The van der Waals surface area contributed by atoms with Crippen LogP contribution in [-0.4, -0.2) is 67.1 Å². The number of hydrogen-bond donors (Lipinski definition) is 3. The van der Waals surface area contributed by atoms with Crippen molar-refractivity contribution in [3.05, 3.63) is 70.9 Å². The zero-order valence-corrected chi connectivity index (χ0v) is 28.3. The quantitative estimate of drug-likeness (QED) is 0.213. The summed E-state index contributed by atoms with van der Waals surface area (Å²) in [5, 5.41) is 21.6. The standard InChI is InChI=1S/C37H52FN7O2/c1-4-31(26-11-13-27(14-12-26)36(46)47)39-21-34-41-32-16-15-28(25-9-6-5-7-10-25)19-30(32)35(43-34)42-33(29-20-40-44(3)22-29)23-45-18-8-17-37(2,38)24-45/h5-7,9-10,20,22,26-28,31,33,39H,4,8,11-19,21,23-24H2,1-3H3,(H,46,47)(H,41,42,43)/t26?,27?,28-,31-,33+,37-/m1/s1. The molecule has 6 rings (SSSR count). The maximum atomic E-state index is 15.1. The van der Waals surface area contributed by atoms with E-state index in [-0.39, 0.29) is 12.0 Å². The molecule has 10 heteroatoms. The van der Waals surface area contributed by atoms with Gasteiger partial charge < -0.3 is 15.7 Å². The number of hydrogen-bond acceptors (Lipinski definition) is 7. The van der Waals surface area contributed by atoms with E-state index < -0.39 is 11.6 Å². The normalized spacial score (nSPS) is 26.3. The molecule has 47 heavy (non-hydrogen) atoms. The van der Waals surface area contributed by atoms with Crippen molar-refractivity contribution in [2.75, 3.05) is 25.0 Å². The Kier molecular flexibility index (Phi) is 10.6. The Balaban J connectivity index is 1.26. The number of carbonyl (C=O) groups is 1. The van der Waals surface area contributed by atoms with Gasteiger partial charge in [-0.25, -0.2) is 14.4 Å². The number of aromatic nitrogens is 4. The van der Waals surface area contributed by atoms with Gasteiger partial charge in [0.15, 0.2) is 0 Å². The molecule has 1 aromatic carbocycles. The van der Waals surface area contributed by atoms with E-state index in [0.29, 0.717) is 43.9 Å². The molecule has 254 valence electrons. The Morgan fingerprint density at radius 2 is 1.94 bits per heavy atom. The van der Waals surface area contributed by atoms with Gasteiger partial charge in [-0.05, 0) is 95.1 Å². The summed E-state index contributed by atoms with van der Waals surface area (Å²) in [7, 11) is 1.93. The second kappa shape index (κ2) is 14.8. The van der Waals surface area contributed by atoms with Crippen LogP contribution in [0, 0.1) is 11.8 Å². The van der Waals surface area contributed by atoms with Crippen LogP contribution in [0.5, 0.6) is 0 Å². The fourth-order valence-corrected chi connectivity index (χ4v) is 8.23. The minimum Gasteiger partial charge on any atom is -0.481 e. The van der Waals surface area contributed by atoms with Crippen LogP contribution in [0.4, 0.5) is 10.2 Å². The second-order valence-corrected chi connectivity index (χ2v) is 14.5. The Morgan fingerprint density at radius 1 is 1.15 bits per heavy atom. The molecule has 1 saturated carbocycles. The highest BCUT2D eigenvalue weighted by Crippen LogP contribution is 2.37. The third-order valence-electron chi connectivity index (χ3n) is 10.8. The molecule has 3 N–H and O–H groups in total. The third kappa shape index (κ3) is 8.38. The fourth-order valence-electron chi connectivity index (χ4n) is 8.23. The number of carboxylic acids is 1. The van der Waals surface area contributed by atoms with Crippen molar-refractivity contribution in [2.24, 2.45) is 18.9 Å². The first-order chi connectivity index (χ1) is 22.7. The number of rotatable bonds is 12. The summed E-state index contributed by atoms with van der Waals surface area (Å²) in [6.07, 6.45) is 12.5. The summed E-state index contributed by atoms with van der Waals surface area (Å²) >= 11 is 0. The Morgan fingerprint density at radius 3 is 2.62 bits per heavy atom. The van der Waals surface area contributed by atoms with Crippen LogP contribution in [0.25, 0.3) is 0 Å². The predicted octanol–water partition coefficient (Wildman–Crippen LogP) is 6.22. The first-order valence-corrected chi connectivity index (χ1v) is 17.7. The Labute approximate surface area is 278 Å². The molecule has 2 aliphatic carbocycles. The van der Waals surface area contributed by atoms with E-state index in [1.165, 1.54) is 11.1 Å². The molecule has 9 nitrogen and oxygen atoms in total. The molecular weight excluding hydrogens is 593 g/mol. The minimum atomic E-state index is -1.18. The Bertz CT molecular complexity index is 1490. The van der Waals surface area contributed by atoms with Gasteiger partial charge >= 0.3 is 5.97 Å². The van der Waals surface area contributed by atoms with E-state index in [9.17, 15) is 9.90 Å². The van der Waals surface area contributed by atoms with Crippen LogP contribution in [0.1, 0.15) is 105 Å². The van der Waals surface area contributed by atoms with Gasteiger partial charge in [0.05, 0.1) is 24.7 Å². The van der Waals surface area contributed by atoms with E-state index in [1.807, 2.05) is 24.1 Å². The van der Waals surface area contributed by atoms with Crippen LogP contribution >= 0.6 is 0 Å². The summed E-state index contributed by atoms with van der Waals surface area (Å²) in [4.78, 5) is 24.1. The van der Waals surface area contributed by atoms with Crippen molar-refractivity contribution in [3.8, 4) is 0 Å². The summed E-state index contributed by atoms with van der Waals surface area (Å²) in [5.74, 6) is 1.63. The lowest BCUT2D eigenvalue weighted by Gasteiger charge is -2.37. The SMILES string of the molecule is CC[C@@H](NCc1nc2c(c(N[C@@H](CN3CCC[C@@](C)(F)C3)c3cnn(C)c3)n1)C[C@H](c1ccccc1)CC2)C1CCC(C(=O)O)CC1.